The summed E-state index contributed by atoms with van der Waals surface area (Å²) in [7, 11) is 0. The van der Waals surface area contributed by atoms with Crippen LogP contribution in [0.1, 0.15) is 29.7 Å². The molecule has 14 heavy (non-hydrogen) atoms. The molecular weight excluding hydrogens is 174 g/mol. The third-order valence-electron chi connectivity index (χ3n) is 3.12. The Balaban J connectivity index is 2.43. The summed E-state index contributed by atoms with van der Waals surface area (Å²) in [5.41, 5.74) is 8.77. The molecule has 0 bridgehead atoms. The summed E-state index contributed by atoms with van der Waals surface area (Å²) >= 11 is 0. The van der Waals surface area contributed by atoms with E-state index >= 15 is 0 Å². The summed E-state index contributed by atoms with van der Waals surface area (Å²) in [6.07, 6.45) is 2.61. The van der Waals surface area contributed by atoms with E-state index in [9.17, 15) is 0 Å². The van der Waals surface area contributed by atoms with Crippen LogP contribution in [0, 0.1) is 31.1 Å². The summed E-state index contributed by atoms with van der Waals surface area (Å²) in [6.45, 7) is 4.99. The summed E-state index contributed by atoms with van der Waals surface area (Å²) in [5.74, 6) is 1.43. The van der Waals surface area contributed by atoms with Crippen molar-refractivity contribution < 1.29 is 0 Å². The SMILES string of the molecule is Cc1c(C#N)c(N)n(CC2CC2)c1C. The first-order valence-electron chi connectivity index (χ1n) is 5.00. The van der Waals surface area contributed by atoms with Crippen molar-refractivity contribution in [2.24, 2.45) is 5.92 Å². The smallest absolute Gasteiger partial charge is 0.122 e. The van der Waals surface area contributed by atoms with Gasteiger partial charge in [-0.3, -0.25) is 0 Å². The Morgan fingerprint density at radius 2 is 2.14 bits per heavy atom. The molecule has 1 fully saturated rings. The van der Waals surface area contributed by atoms with Gasteiger partial charge in [-0.25, -0.2) is 0 Å². The number of nitrogen functional groups attached to an aromatic ring is 1. The van der Waals surface area contributed by atoms with Crippen molar-refractivity contribution in [1.29, 1.82) is 5.26 Å². The van der Waals surface area contributed by atoms with Crippen LogP contribution in [0.3, 0.4) is 0 Å². The Morgan fingerprint density at radius 1 is 1.50 bits per heavy atom. The van der Waals surface area contributed by atoms with Crippen LogP contribution in [0.15, 0.2) is 0 Å². The highest BCUT2D eigenvalue weighted by molar-refractivity contribution is 5.57. The van der Waals surface area contributed by atoms with Gasteiger partial charge in [-0.2, -0.15) is 5.26 Å². The Kier molecular flexibility index (Phi) is 1.99. The molecule has 1 aromatic heterocycles. The minimum atomic E-state index is 0.648. The topological polar surface area (TPSA) is 54.7 Å². The summed E-state index contributed by atoms with van der Waals surface area (Å²) in [4.78, 5) is 0. The van der Waals surface area contributed by atoms with Crippen molar-refractivity contribution in [3.8, 4) is 6.07 Å². The largest absolute Gasteiger partial charge is 0.384 e. The molecule has 1 aliphatic rings. The predicted molar refractivity (Wildman–Crippen MR) is 55.8 cm³/mol. The molecule has 0 unspecified atom stereocenters. The molecule has 0 atom stereocenters. The van der Waals surface area contributed by atoms with Crippen LogP contribution in [-0.2, 0) is 6.54 Å². The number of nitrogens with zero attached hydrogens (tertiary/aromatic N) is 2. The molecule has 0 aromatic carbocycles. The van der Waals surface area contributed by atoms with Gasteiger partial charge in [0.05, 0.1) is 5.56 Å². The molecule has 3 nitrogen and oxygen atoms in total. The predicted octanol–water partition coefficient (Wildman–Crippen LogP) is 1.97. The molecule has 2 rings (SSSR count). The van der Waals surface area contributed by atoms with Gasteiger partial charge in [-0.05, 0) is 38.2 Å². The van der Waals surface area contributed by atoms with Gasteiger partial charge >= 0.3 is 0 Å². The molecular formula is C11H15N3. The van der Waals surface area contributed by atoms with Crippen LogP contribution >= 0.6 is 0 Å². The highest BCUT2D eigenvalue weighted by Crippen LogP contribution is 2.34. The lowest BCUT2D eigenvalue weighted by molar-refractivity contribution is 0.622. The molecule has 0 spiro atoms. The van der Waals surface area contributed by atoms with Gasteiger partial charge in [0, 0.05) is 12.2 Å². The lowest BCUT2D eigenvalue weighted by atomic mass is 10.2. The van der Waals surface area contributed by atoms with E-state index in [1.54, 1.807) is 0 Å². The first kappa shape index (κ1) is 9.14. The van der Waals surface area contributed by atoms with Gasteiger partial charge in [0.2, 0.25) is 0 Å². The monoisotopic (exact) mass is 189 g/mol. The molecule has 74 valence electrons. The fourth-order valence-corrected chi connectivity index (χ4v) is 1.83. The second-order valence-corrected chi connectivity index (χ2v) is 4.14. The van der Waals surface area contributed by atoms with Crippen molar-refractivity contribution in [2.75, 3.05) is 5.73 Å². The zero-order valence-corrected chi connectivity index (χ0v) is 8.67. The van der Waals surface area contributed by atoms with Crippen LogP contribution in [0.2, 0.25) is 0 Å². The van der Waals surface area contributed by atoms with Crippen LogP contribution in [0.5, 0.6) is 0 Å². The molecule has 0 saturated heterocycles. The Morgan fingerprint density at radius 3 is 2.57 bits per heavy atom. The second-order valence-electron chi connectivity index (χ2n) is 4.14. The number of rotatable bonds is 2. The van der Waals surface area contributed by atoms with Gasteiger partial charge in [-0.15, -0.1) is 0 Å². The van der Waals surface area contributed by atoms with Crippen molar-refractivity contribution in [3.05, 3.63) is 16.8 Å². The molecule has 1 saturated carbocycles. The Labute approximate surface area is 84.1 Å². The number of hydrogen-bond acceptors (Lipinski definition) is 2. The summed E-state index contributed by atoms with van der Waals surface area (Å²) < 4.78 is 2.09. The minimum Gasteiger partial charge on any atom is -0.384 e. The molecule has 0 aliphatic heterocycles. The molecule has 1 aliphatic carbocycles. The van der Waals surface area contributed by atoms with E-state index < -0.39 is 0 Å². The Hall–Kier alpha value is -1.43. The molecule has 3 heteroatoms. The third kappa shape index (κ3) is 1.27. The van der Waals surface area contributed by atoms with Gasteiger partial charge in [-0.1, -0.05) is 0 Å². The summed E-state index contributed by atoms with van der Waals surface area (Å²) in [6, 6.07) is 2.17. The quantitative estimate of drug-likeness (QED) is 0.773. The van der Waals surface area contributed by atoms with E-state index in [0.29, 0.717) is 11.4 Å². The molecule has 0 radical (unpaired) electrons. The van der Waals surface area contributed by atoms with Gasteiger partial charge in [0.1, 0.15) is 11.9 Å². The van der Waals surface area contributed by atoms with Crippen LogP contribution in [-0.4, -0.2) is 4.57 Å². The van der Waals surface area contributed by atoms with Crippen LogP contribution in [0.25, 0.3) is 0 Å². The zero-order valence-electron chi connectivity index (χ0n) is 8.67. The van der Waals surface area contributed by atoms with Crippen molar-refractivity contribution in [2.45, 2.75) is 33.2 Å². The summed E-state index contributed by atoms with van der Waals surface area (Å²) in [5, 5.41) is 8.94. The van der Waals surface area contributed by atoms with Crippen molar-refractivity contribution in [1.82, 2.24) is 4.57 Å². The van der Waals surface area contributed by atoms with E-state index in [1.807, 2.05) is 13.8 Å². The van der Waals surface area contributed by atoms with Crippen molar-refractivity contribution in [3.63, 3.8) is 0 Å². The maximum atomic E-state index is 8.94. The fourth-order valence-electron chi connectivity index (χ4n) is 1.83. The molecule has 1 heterocycles. The number of hydrogen-bond donors (Lipinski definition) is 1. The first-order chi connectivity index (χ1) is 6.65. The molecule has 1 aromatic rings. The highest BCUT2D eigenvalue weighted by Gasteiger charge is 2.24. The van der Waals surface area contributed by atoms with E-state index in [4.69, 9.17) is 11.0 Å². The lowest BCUT2D eigenvalue weighted by Crippen LogP contribution is -2.06. The minimum absolute atomic E-state index is 0.648. The van der Waals surface area contributed by atoms with Crippen LogP contribution in [0.4, 0.5) is 5.82 Å². The number of anilines is 1. The van der Waals surface area contributed by atoms with Crippen LogP contribution < -0.4 is 5.73 Å². The van der Waals surface area contributed by atoms with Gasteiger partial charge in [0.15, 0.2) is 0 Å². The number of aromatic nitrogens is 1. The Bertz CT molecular complexity index is 405. The van der Waals surface area contributed by atoms with E-state index in [-0.39, 0.29) is 0 Å². The van der Waals surface area contributed by atoms with Crippen molar-refractivity contribution >= 4 is 5.82 Å². The molecule has 0 amide bonds. The normalized spacial score (nSPS) is 15.5. The maximum absolute atomic E-state index is 8.94. The first-order valence-corrected chi connectivity index (χ1v) is 5.00. The van der Waals surface area contributed by atoms with E-state index in [2.05, 4.69) is 10.6 Å². The standard InChI is InChI=1S/C11H15N3/c1-7-8(2)14(6-9-3-4-9)11(13)10(7)5-12/h9H,3-4,6,13H2,1-2H3. The fraction of sp³-hybridized carbons (Fsp3) is 0.545. The van der Waals surface area contributed by atoms with Gasteiger partial charge < -0.3 is 10.3 Å². The van der Waals surface area contributed by atoms with E-state index in [1.165, 1.54) is 12.8 Å². The average molecular weight is 189 g/mol. The molecule has 2 N–H and O–H groups in total. The highest BCUT2D eigenvalue weighted by atomic mass is 15.1. The third-order valence-corrected chi connectivity index (χ3v) is 3.12. The number of nitrogens with two attached hydrogens (primary N) is 1. The number of nitriles is 1. The van der Waals surface area contributed by atoms with E-state index in [0.717, 1.165) is 23.7 Å². The second kappa shape index (κ2) is 3.06. The van der Waals surface area contributed by atoms with Gasteiger partial charge in [0.25, 0.3) is 0 Å². The lowest BCUT2D eigenvalue weighted by Gasteiger charge is -2.07. The zero-order chi connectivity index (χ0) is 10.3. The maximum Gasteiger partial charge on any atom is 0.122 e. The average Bonchev–Trinajstić information content (AvgIpc) is 2.93.